The zero-order chi connectivity index (χ0) is 19.9. The third-order valence-electron chi connectivity index (χ3n) is 4.25. The van der Waals surface area contributed by atoms with Crippen molar-refractivity contribution in [1.82, 2.24) is 10.2 Å². The first-order valence-corrected chi connectivity index (χ1v) is 9.27. The van der Waals surface area contributed by atoms with Crippen molar-refractivity contribution in [3.05, 3.63) is 53.6 Å². The Hall–Kier alpha value is -3.06. The zero-order valence-corrected chi connectivity index (χ0v) is 16.2. The van der Waals surface area contributed by atoms with Gasteiger partial charge in [0, 0.05) is 29.4 Å². The number of anilines is 1. The smallest absolute Gasteiger partial charge is 0.255 e. The first kappa shape index (κ1) is 19.7. The molecule has 3 rings (SSSR count). The Morgan fingerprint density at radius 1 is 0.964 bits per heavy atom. The van der Waals surface area contributed by atoms with Crippen LogP contribution in [0.2, 0.25) is 0 Å². The molecule has 0 aromatic heterocycles. The fraction of sp³-hybridized carbons (Fsp3) is 0.333. The molecule has 2 aromatic carbocycles. The van der Waals surface area contributed by atoms with E-state index in [1.165, 1.54) is 0 Å². The quantitative estimate of drug-likeness (QED) is 0.718. The van der Waals surface area contributed by atoms with Crippen LogP contribution in [0.25, 0.3) is 0 Å². The van der Waals surface area contributed by atoms with Crippen LogP contribution < -0.4 is 20.1 Å². The highest BCUT2D eigenvalue weighted by Gasteiger charge is 2.14. The number of nitrogens with zero attached hydrogens (tertiary/aromatic N) is 1. The van der Waals surface area contributed by atoms with Gasteiger partial charge in [0.2, 0.25) is 0 Å². The highest BCUT2D eigenvalue weighted by molar-refractivity contribution is 6.06. The summed E-state index contributed by atoms with van der Waals surface area (Å²) in [6, 6.07) is 11.9. The van der Waals surface area contributed by atoms with Crippen molar-refractivity contribution < 1.29 is 19.1 Å². The van der Waals surface area contributed by atoms with Gasteiger partial charge in [-0.15, -0.1) is 0 Å². The lowest BCUT2D eigenvalue weighted by Gasteiger charge is -2.19. The number of fused-ring (bicyclic) bond motifs is 1. The van der Waals surface area contributed by atoms with E-state index >= 15 is 0 Å². The SMILES string of the molecule is CN(C)CCCNC(=O)c1cccc(C(=O)Nc2ccc3c(c2)OCCO3)c1. The molecule has 1 aliphatic rings. The Kier molecular flexibility index (Phi) is 6.49. The maximum atomic E-state index is 12.6. The lowest BCUT2D eigenvalue weighted by molar-refractivity contribution is 0.0952. The second-order valence-corrected chi connectivity index (χ2v) is 6.81. The number of carbonyl (C=O) groups is 2. The van der Waals surface area contributed by atoms with Crippen molar-refractivity contribution >= 4 is 17.5 Å². The Labute approximate surface area is 164 Å². The largest absolute Gasteiger partial charge is 0.486 e. The monoisotopic (exact) mass is 383 g/mol. The first-order chi connectivity index (χ1) is 13.5. The van der Waals surface area contributed by atoms with Gasteiger partial charge in [0.25, 0.3) is 11.8 Å². The summed E-state index contributed by atoms with van der Waals surface area (Å²) < 4.78 is 11.0. The number of nitrogens with one attached hydrogen (secondary N) is 2. The number of hydrogen-bond acceptors (Lipinski definition) is 5. The maximum absolute atomic E-state index is 12.6. The molecule has 0 aliphatic carbocycles. The molecule has 2 amide bonds. The molecule has 0 unspecified atom stereocenters. The highest BCUT2D eigenvalue weighted by Crippen LogP contribution is 2.32. The molecule has 28 heavy (non-hydrogen) atoms. The van der Waals surface area contributed by atoms with Gasteiger partial charge in [-0.25, -0.2) is 0 Å². The van der Waals surface area contributed by atoms with E-state index in [0.29, 0.717) is 48.1 Å². The molecule has 0 saturated carbocycles. The lowest BCUT2D eigenvalue weighted by Crippen LogP contribution is -2.27. The predicted molar refractivity (Wildman–Crippen MR) is 107 cm³/mol. The molecule has 0 radical (unpaired) electrons. The van der Waals surface area contributed by atoms with Gasteiger partial charge in [0.05, 0.1) is 0 Å². The molecule has 2 aromatic rings. The third-order valence-corrected chi connectivity index (χ3v) is 4.25. The summed E-state index contributed by atoms with van der Waals surface area (Å²) >= 11 is 0. The summed E-state index contributed by atoms with van der Waals surface area (Å²) in [6.07, 6.45) is 0.864. The minimum atomic E-state index is -0.293. The van der Waals surface area contributed by atoms with Crippen molar-refractivity contribution in [2.45, 2.75) is 6.42 Å². The molecule has 0 bridgehead atoms. The number of benzene rings is 2. The minimum absolute atomic E-state index is 0.187. The third kappa shape index (κ3) is 5.23. The van der Waals surface area contributed by atoms with Crippen LogP contribution in [0, 0.1) is 0 Å². The van der Waals surface area contributed by atoms with E-state index in [1.54, 1.807) is 42.5 Å². The van der Waals surface area contributed by atoms with Gasteiger partial charge >= 0.3 is 0 Å². The second kappa shape index (κ2) is 9.23. The van der Waals surface area contributed by atoms with Gasteiger partial charge in [-0.3, -0.25) is 9.59 Å². The molecular weight excluding hydrogens is 358 g/mol. The predicted octanol–water partition coefficient (Wildman–Crippen LogP) is 2.39. The summed E-state index contributed by atoms with van der Waals surface area (Å²) in [4.78, 5) is 26.9. The summed E-state index contributed by atoms with van der Waals surface area (Å²) in [5.74, 6) is 0.791. The molecule has 7 nitrogen and oxygen atoms in total. The van der Waals surface area contributed by atoms with E-state index in [0.717, 1.165) is 13.0 Å². The van der Waals surface area contributed by atoms with Gasteiger partial charge in [-0.1, -0.05) is 6.07 Å². The van der Waals surface area contributed by atoms with E-state index in [9.17, 15) is 9.59 Å². The van der Waals surface area contributed by atoms with Crippen LogP contribution in [0.15, 0.2) is 42.5 Å². The van der Waals surface area contributed by atoms with Gasteiger partial charge in [0.15, 0.2) is 11.5 Å². The van der Waals surface area contributed by atoms with Crippen LogP contribution in [-0.2, 0) is 0 Å². The van der Waals surface area contributed by atoms with E-state index in [2.05, 4.69) is 15.5 Å². The molecule has 0 spiro atoms. The Morgan fingerprint density at radius 3 is 2.43 bits per heavy atom. The Balaban J connectivity index is 1.61. The van der Waals surface area contributed by atoms with Crippen molar-refractivity contribution in [2.24, 2.45) is 0 Å². The van der Waals surface area contributed by atoms with Gasteiger partial charge < -0.3 is 25.0 Å². The number of ether oxygens (including phenoxy) is 2. The van der Waals surface area contributed by atoms with Crippen LogP contribution in [0.1, 0.15) is 27.1 Å². The van der Waals surface area contributed by atoms with Gasteiger partial charge in [0.1, 0.15) is 13.2 Å². The summed E-state index contributed by atoms with van der Waals surface area (Å²) in [5, 5.41) is 5.70. The Morgan fingerprint density at radius 2 is 1.68 bits per heavy atom. The fourth-order valence-electron chi connectivity index (χ4n) is 2.83. The molecule has 0 saturated heterocycles. The molecule has 148 valence electrons. The topological polar surface area (TPSA) is 79.9 Å². The fourth-order valence-corrected chi connectivity index (χ4v) is 2.83. The van der Waals surface area contributed by atoms with Crippen molar-refractivity contribution in [1.29, 1.82) is 0 Å². The van der Waals surface area contributed by atoms with Crippen LogP contribution in [0.4, 0.5) is 5.69 Å². The molecular formula is C21H25N3O4. The number of carbonyl (C=O) groups excluding carboxylic acids is 2. The lowest BCUT2D eigenvalue weighted by atomic mass is 10.1. The number of amides is 2. The van der Waals surface area contributed by atoms with E-state index in [-0.39, 0.29) is 11.8 Å². The second-order valence-electron chi connectivity index (χ2n) is 6.81. The van der Waals surface area contributed by atoms with Crippen molar-refractivity contribution in [2.75, 3.05) is 45.7 Å². The van der Waals surface area contributed by atoms with Gasteiger partial charge in [-0.05, 0) is 57.4 Å². The average molecular weight is 383 g/mol. The zero-order valence-electron chi connectivity index (χ0n) is 16.2. The molecule has 2 N–H and O–H groups in total. The van der Waals surface area contributed by atoms with Crippen LogP contribution in [0.3, 0.4) is 0 Å². The van der Waals surface area contributed by atoms with E-state index in [4.69, 9.17) is 9.47 Å². The molecule has 1 aliphatic heterocycles. The minimum Gasteiger partial charge on any atom is -0.486 e. The summed E-state index contributed by atoms with van der Waals surface area (Å²) in [5.41, 5.74) is 1.48. The van der Waals surface area contributed by atoms with Gasteiger partial charge in [-0.2, -0.15) is 0 Å². The van der Waals surface area contributed by atoms with Crippen LogP contribution in [-0.4, -0.2) is 57.1 Å². The van der Waals surface area contributed by atoms with Crippen LogP contribution in [0.5, 0.6) is 11.5 Å². The maximum Gasteiger partial charge on any atom is 0.255 e. The van der Waals surface area contributed by atoms with Crippen molar-refractivity contribution in [3.63, 3.8) is 0 Å². The standard InChI is InChI=1S/C21H25N3O4/c1-24(2)10-4-9-22-20(25)15-5-3-6-16(13-15)21(26)23-17-7-8-18-19(14-17)28-12-11-27-18/h3,5-8,13-14H,4,9-12H2,1-2H3,(H,22,25)(H,23,26). The normalized spacial score (nSPS) is 12.5. The highest BCUT2D eigenvalue weighted by atomic mass is 16.6. The molecule has 1 heterocycles. The molecule has 0 atom stereocenters. The average Bonchev–Trinajstić information content (AvgIpc) is 2.71. The molecule has 0 fully saturated rings. The van der Waals surface area contributed by atoms with Crippen LogP contribution >= 0.6 is 0 Å². The number of hydrogen-bond donors (Lipinski definition) is 2. The summed E-state index contributed by atoms with van der Waals surface area (Å²) in [7, 11) is 3.98. The Bertz CT molecular complexity index is 851. The van der Waals surface area contributed by atoms with E-state index < -0.39 is 0 Å². The molecule has 7 heteroatoms. The first-order valence-electron chi connectivity index (χ1n) is 9.27. The number of rotatable bonds is 7. The summed E-state index contributed by atoms with van der Waals surface area (Å²) in [6.45, 7) is 2.49. The van der Waals surface area contributed by atoms with Crippen molar-refractivity contribution in [3.8, 4) is 11.5 Å². The van der Waals surface area contributed by atoms with E-state index in [1.807, 2.05) is 14.1 Å².